The fourth-order valence-corrected chi connectivity index (χ4v) is 6.88. The van der Waals surface area contributed by atoms with Crippen LogP contribution in [0.1, 0.15) is 36.6 Å². The minimum atomic E-state index is -0.709. The van der Waals surface area contributed by atoms with Gasteiger partial charge in [-0.2, -0.15) is 0 Å². The van der Waals surface area contributed by atoms with E-state index in [0.29, 0.717) is 33.0 Å². The highest BCUT2D eigenvalue weighted by Gasteiger charge is 2.35. The highest BCUT2D eigenvalue weighted by molar-refractivity contribution is 9.11. The first-order valence-electron chi connectivity index (χ1n) is 12.4. The summed E-state index contributed by atoms with van der Waals surface area (Å²) in [6.45, 7) is 4.35. The Labute approximate surface area is 246 Å². The maximum atomic E-state index is 14.1. The molecule has 5 rings (SSSR count). The summed E-state index contributed by atoms with van der Waals surface area (Å²) in [6, 6.07) is 22.1. The first kappa shape index (κ1) is 27.3. The minimum absolute atomic E-state index is 0.203. The Morgan fingerprint density at radius 2 is 1.72 bits per heavy atom. The largest absolute Gasteiger partial charge is 0.492 e. The van der Waals surface area contributed by atoms with Crippen LogP contribution in [0.25, 0.3) is 11.8 Å². The predicted octanol–water partition coefficient (Wildman–Crippen LogP) is 5.86. The van der Waals surface area contributed by atoms with Gasteiger partial charge >= 0.3 is 5.97 Å². The molecule has 4 aromatic rings. The van der Waals surface area contributed by atoms with E-state index >= 15 is 0 Å². The summed E-state index contributed by atoms with van der Waals surface area (Å²) in [5.41, 5.74) is 2.88. The molecule has 0 saturated carbocycles. The van der Waals surface area contributed by atoms with Gasteiger partial charge in [-0.15, -0.1) is 0 Å². The lowest BCUT2D eigenvalue weighted by Gasteiger charge is -2.25. The van der Waals surface area contributed by atoms with Crippen molar-refractivity contribution in [3.8, 4) is 5.75 Å². The summed E-state index contributed by atoms with van der Waals surface area (Å²) in [5.74, 6) is 0.140. The third-order valence-corrected chi connectivity index (χ3v) is 8.13. The zero-order valence-corrected chi connectivity index (χ0v) is 25.2. The van der Waals surface area contributed by atoms with Crippen LogP contribution in [0, 0.1) is 0 Å². The molecule has 0 aliphatic carbocycles. The Hall–Kier alpha value is -3.27. The molecule has 1 aliphatic rings. The van der Waals surface area contributed by atoms with Crippen LogP contribution in [0.4, 0.5) is 0 Å². The number of halogens is 2. The van der Waals surface area contributed by atoms with E-state index in [0.717, 1.165) is 25.6 Å². The fourth-order valence-electron chi connectivity index (χ4n) is 4.52. The number of carbonyl (C=O) groups is 1. The van der Waals surface area contributed by atoms with Gasteiger partial charge < -0.3 is 9.47 Å². The molecule has 0 radical (unpaired) electrons. The third-order valence-electron chi connectivity index (χ3n) is 6.10. The lowest BCUT2D eigenvalue weighted by Crippen LogP contribution is -2.40. The van der Waals surface area contributed by atoms with Crippen molar-refractivity contribution >= 4 is 60.9 Å². The standard InChI is InChI=1S/C30H24Br2N2O4S/c1-3-37-27-20(15-21(31)17-22(27)32)16-23-28(35)34-26(19-13-9-6-10-14-19)24(29(36)38-4-2)25(33-30(34)39-23)18-11-7-5-8-12-18/h5-17,26H,3-4H2,1-2H3/b23-16-/t26-/m1/s1. The molecule has 0 bridgehead atoms. The smallest absolute Gasteiger partial charge is 0.338 e. The van der Waals surface area contributed by atoms with Gasteiger partial charge in [-0.25, -0.2) is 9.79 Å². The third kappa shape index (κ3) is 5.44. The lowest BCUT2D eigenvalue weighted by molar-refractivity contribution is -0.138. The summed E-state index contributed by atoms with van der Waals surface area (Å²) in [5, 5.41) is 0. The number of carbonyl (C=O) groups excluding carboxylic acids is 1. The molecule has 0 saturated heterocycles. The Morgan fingerprint density at radius 1 is 1.03 bits per heavy atom. The van der Waals surface area contributed by atoms with Crippen LogP contribution in [0.5, 0.6) is 5.75 Å². The number of hydrogen-bond donors (Lipinski definition) is 0. The molecule has 0 unspecified atom stereocenters. The monoisotopic (exact) mass is 666 g/mol. The van der Waals surface area contributed by atoms with E-state index in [1.165, 1.54) is 11.3 Å². The van der Waals surface area contributed by atoms with Gasteiger partial charge in [-0.3, -0.25) is 9.36 Å². The quantitative estimate of drug-likeness (QED) is 0.232. The van der Waals surface area contributed by atoms with Gasteiger partial charge in [0, 0.05) is 15.6 Å². The molecule has 1 aliphatic heterocycles. The van der Waals surface area contributed by atoms with Gasteiger partial charge in [0.25, 0.3) is 5.56 Å². The summed E-state index contributed by atoms with van der Waals surface area (Å²) in [4.78, 5) is 32.9. The lowest BCUT2D eigenvalue weighted by atomic mass is 9.93. The van der Waals surface area contributed by atoms with Crippen LogP contribution >= 0.6 is 43.2 Å². The van der Waals surface area contributed by atoms with Gasteiger partial charge in [-0.05, 0) is 53.5 Å². The molecule has 0 spiro atoms. The topological polar surface area (TPSA) is 69.9 Å². The molecule has 6 nitrogen and oxygen atoms in total. The van der Waals surface area contributed by atoms with Crippen molar-refractivity contribution in [2.24, 2.45) is 4.99 Å². The number of nitrogens with zero attached hydrogens (tertiary/aromatic N) is 2. The van der Waals surface area contributed by atoms with Crippen LogP contribution in [-0.4, -0.2) is 23.8 Å². The van der Waals surface area contributed by atoms with E-state index in [4.69, 9.17) is 14.5 Å². The van der Waals surface area contributed by atoms with Crippen molar-refractivity contribution in [3.63, 3.8) is 0 Å². The molecule has 39 heavy (non-hydrogen) atoms. The van der Waals surface area contributed by atoms with E-state index in [1.807, 2.05) is 85.8 Å². The van der Waals surface area contributed by atoms with Gasteiger partial charge in [0.2, 0.25) is 0 Å². The molecular weight excluding hydrogens is 644 g/mol. The molecule has 3 aromatic carbocycles. The van der Waals surface area contributed by atoms with E-state index < -0.39 is 12.0 Å². The van der Waals surface area contributed by atoms with E-state index in [2.05, 4.69) is 31.9 Å². The summed E-state index contributed by atoms with van der Waals surface area (Å²) < 4.78 is 15.1. The Kier molecular flexibility index (Phi) is 8.30. The molecule has 1 aromatic heterocycles. The first-order chi connectivity index (χ1) is 18.9. The number of fused-ring (bicyclic) bond motifs is 1. The molecule has 2 heterocycles. The second-order valence-electron chi connectivity index (χ2n) is 8.58. The molecule has 0 N–H and O–H groups in total. The average molecular weight is 668 g/mol. The molecule has 0 fully saturated rings. The molecular formula is C30H24Br2N2O4S. The summed E-state index contributed by atoms with van der Waals surface area (Å²) >= 11 is 8.38. The Morgan fingerprint density at radius 3 is 2.38 bits per heavy atom. The molecule has 1 atom stereocenters. The second kappa shape index (κ2) is 11.9. The Bertz CT molecular complexity index is 1750. The number of benzene rings is 3. The number of hydrogen-bond acceptors (Lipinski definition) is 6. The number of ether oxygens (including phenoxy) is 2. The van der Waals surface area contributed by atoms with Crippen molar-refractivity contribution in [1.82, 2.24) is 4.57 Å². The van der Waals surface area contributed by atoms with Crippen LogP contribution in [0.2, 0.25) is 0 Å². The predicted molar refractivity (Wildman–Crippen MR) is 161 cm³/mol. The van der Waals surface area contributed by atoms with Gasteiger partial charge in [0.1, 0.15) is 5.75 Å². The molecule has 198 valence electrons. The average Bonchev–Trinajstić information content (AvgIpc) is 3.25. The van der Waals surface area contributed by atoms with Crippen LogP contribution in [0.3, 0.4) is 0 Å². The van der Waals surface area contributed by atoms with E-state index in [1.54, 1.807) is 11.5 Å². The van der Waals surface area contributed by atoms with E-state index in [9.17, 15) is 9.59 Å². The van der Waals surface area contributed by atoms with Crippen molar-refractivity contribution in [1.29, 1.82) is 0 Å². The van der Waals surface area contributed by atoms with Crippen LogP contribution in [-0.2, 0) is 9.53 Å². The van der Waals surface area contributed by atoms with Gasteiger partial charge in [0.05, 0.1) is 39.5 Å². The maximum Gasteiger partial charge on any atom is 0.338 e. The highest BCUT2D eigenvalue weighted by atomic mass is 79.9. The summed E-state index contributed by atoms with van der Waals surface area (Å²) in [7, 11) is 0. The molecule has 0 amide bonds. The minimum Gasteiger partial charge on any atom is -0.492 e. The zero-order valence-electron chi connectivity index (χ0n) is 21.2. The first-order valence-corrected chi connectivity index (χ1v) is 14.8. The van der Waals surface area contributed by atoms with Crippen molar-refractivity contribution < 1.29 is 14.3 Å². The fraction of sp³-hybridized carbons (Fsp3) is 0.167. The number of rotatable bonds is 7. The summed E-state index contributed by atoms with van der Waals surface area (Å²) in [6.07, 6.45) is 1.81. The number of thiazole rings is 1. The number of aromatic nitrogens is 1. The van der Waals surface area contributed by atoms with Crippen molar-refractivity contribution in [2.75, 3.05) is 13.2 Å². The SMILES string of the molecule is CCOC(=O)C1=C(c2ccccc2)N=c2s/c(=C\c3cc(Br)cc(Br)c3OCC)c(=O)n2[C@@H]1c1ccccc1. The second-order valence-corrected chi connectivity index (χ2v) is 11.4. The van der Waals surface area contributed by atoms with Gasteiger partial charge in [0.15, 0.2) is 4.80 Å². The zero-order chi connectivity index (χ0) is 27.5. The van der Waals surface area contributed by atoms with E-state index in [-0.39, 0.29) is 12.2 Å². The molecule has 9 heteroatoms. The van der Waals surface area contributed by atoms with Crippen molar-refractivity contribution in [2.45, 2.75) is 19.9 Å². The van der Waals surface area contributed by atoms with Crippen LogP contribution in [0.15, 0.2) is 97.1 Å². The normalized spacial score (nSPS) is 15.1. The van der Waals surface area contributed by atoms with Crippen LogP contribution < -0.4 is 19.6 Å². The van der Waals surface area contributed by atoms with Crippen molar-refractivity contribution in [3.05, 3.63) is 124 Å². The van der Waals surface area contributed by atoms with Gasteiger partial charge in [-0.1, -0.05) is 87.9 Å². The maximum absolute atomic E-state index is 14.1. The number of esters is 1. The highest BCUT2D eigenvalue weighted by Crippen LogP contribution is 2.36. The Balaban J connectivity index is 1.83.